The van der Waals surface area contributed by atoms with E-state index in [0.717, 1.165) is 23.1 Å². The summed E-state index contributed by atoms with van der Waals surface area (Å²) >= 11 is 7.11. The molecule has 0 saturated carbocycles. The Labute approximate surface area is 146 Å². The predicted octanol–water partition coefficient (Wildman–Crippen LogP) is 5.06. The Morgan fingerprint density at radius 3 is 2.58 bits per heavy atom. The maximum atomic E-state index is 12.7. The summed E-state index contributed by atoms with van der Waals surface area (Å²) in [7, 11) is 0. The van der Waals surface area contributed by atoms with Crippen LogP contribution in [0.2, 0.25) is 5.02 Å². The van der Waals surface area contributed by atoms with Crippen molar-refractivity contribution in [2.75, 3.05) is 11.1 Å². The lowest BCUT2D eigenvalue weighted by molar-refractivity contribution is -0.137. The topological polar surface area (TPSA) is 55.1 Å². The maximum absolute atomic E-state index is 12.7. The minimum atomic E-state index is -4.51. The van der Waals surface area contributed by atoms with E-state index in [9.17, 15) is 18.0 Å². The number of nitrogens with one attached hydrogen (secondary N) is 1. The van der Waals surface area contributed by atoms with E-state index in [2.05, 4.69) is 5.32 Å². The molecule has 24 heavy (non-hydrogen) atoms. The van der Waals surface area contributed by atoms with Gasteiger partial charge in [-0.15, -0.1) is 11.8 Å². The molecule has 0 aliphatic heterocycles. The third-order valence-electron chi connectivity index (χ3n) is 3.09. The molecular weight excluding hydrogens is 361 g/mol. The largest absolute Gasteiger partial charge is 0.416 e. The number of alkyl halides is 3. The summed E-state index contributed by atoms with van der Waals surface area (Å²) in [6, 6.07) is 9.77. The molecule has 0 aliphatic rings. The Morgan fingerprint density at radius 2 is 1.96 bits per heavy atom. The van der Waals surface area contributed by atoms with Gasteiger partial charge >= 0.3 is 6.18 Å². The van der Waals surface area contributed by atoms with Gasteiger partial charge in [-0.25, -0.2) is 0 Å². The second-order valence-corrected chi connectivity index (χ2v) is 6.84. The van der Waals surface area contributed by atoms with Gasteiger partial charge in [-0.3, -0.25) is 4.79 Å². The number of halogens is 4. The molecule has 8 heteroatoms. The van der Waals surface area contributed by atoms with Gasteiger partial charge in [-0.1, -0.05) is 17.7 Å². The van der Waals surface area contributed by atoms with Crippen molar-refractivity contribution in [3.05, 3.63) is 53.1 Å². The number of thioether (sulfide) groups is 1. The second kappa shape index (κ2) is 7.36. The Bertz CT molecular complexity index is 752. The van der Waals surface area contributed by atoms with Crippen LogP contribution in [0.15, 0.2) is 47.4 Å². The van der Waals surface area contributed by atoms with Gasteiger partial charge in [0.2, 0.25) is 5.91 Å². The molecule has 1 unspecified atom stereocenters. The molecule has 0 heterocycles. The van der Waals surface area contributed by atoms with E-state index in [4.69, 9.17) is 17.3 Å². The van der Waals surface area contributed by atoms with Crippen LogP contribution in [0.1, 0.15) is 12.5 Å². The van der Waals surface area contributed by atoms with Crippen molar-refractivity contribution in [3.8, 4) is 0 Å². The van der Waals surface area contributed by atoms with Crippen LogP contribution in [-0.4, -0.2) is 11.2 Å². The average molecular weight is 375 g/mol. The van der Waals surface area contributed by atoms with Crippen molar-refractivity contribution in [2.45, 2.75) is 23.2 Å². The minimum Gasteiger partial charge on any atom is -0.399 e. The molecule has 0 spiro atoms. The molecular formula is C16H14ClF3N2OS. The molecule has 0 aromatic heterocycles. The molecule has 0 radical (unpaired) electrons. The van der Waals surface area contributed by atoms with Crippen LogP contribution in [-0.2, 0) is 11.0 Å². The SMILES string of the molecule is CC(Sc1cccc(N)c1)C(=O)Nc1cc(C(F)(F)F)ccc1Cl. The fourth-order valence-electron chi connectivity index (χ4n) is 1.88. The lowest BCUT2D eigenvalue weighted by Gasteiger charge is -2.15. The van der Waals surface area contributed by atoms with Crippen molar-refractivity contribution >= 4 is 40.6 Å². The van der Waals surface area contributed by atoms with Gasteiger partial charge < -0.3 is 11.1 Å². The van der Waals surface area contributed by atoms with Crippen LogP contribution in [0.4, 0.5) is 24.5 Å². The molecule has 2 aromatic carbocycles. The van der Waals surface area contributed by atoms with Crippen LogP contribution in [0.25, 0.3) is 0 Å². The Hall–Kier alpha value is -1.86. The van der Waals surface area contributed by atoms with Crippen molar-refractivity contribution in [1.82, 2.24) is 0 Å². The molecule has 1 amide bonds. The molecule has 128 valence electrons. The van der Waals surface area contributed by atoms with E-state index < -0.39 is 22.9 Å². The van der Waals surface area contributed by atoms with E-state index in [1.807, 2.05) is 0 Å². The summed E-state index contributed by atoms with van der Waals surface area (Å²) in [5.74, 6) is -0.455. The van der Waals surface area contributed by atoms with Crippen LogP contribution in [0, 0.1) is 0 Å². The lowest BCUT2D eigenvalue weighted by Crippen LogP contribution is -2.22. The first kappa shape index (κ1) is 18.5. The monoisotopic (exact) mass is 374 g/mol. The first-order valence-electron chi connectivity index (χ1n) is 6.86. The molecule has 0 saturated heterocycles. The zero-order valence-corrected chi connectivity index (χ0v) is 14.1. The van der Waals surface area contributed by atoms with Gasteiger partial charge in [0, 0.05) is 10.6 Å². The summed E-state index contributed by atoms with van der Waals surface area (Å²) in [5.41, 5.74) is 5.29. The van der Waals surface area contributed by atoms with E-state index in [-0.39, 0.29) is 10.7 Å². The van der Waals surface area contributed by atoms with E-state index in [1.165, 1.54) is 11.8 Å². The number of anilines is 2. The highest BCUT2D eigenvalue weighted by Crippen LogP contribution is 2.34. The van der Waals surface area contributed by atoms with Gasteiger partial charge in [0.05, 0.1) is 21.5 Å². The highest BCUT2D eigenvalue weighted by Gasteiger charge is 2.31. The summed E-state index contributed by atoms with van der Waals surface area (Å²) in [6.07, 6.45) is -4.51. The van der Waals surface area contributed by atoms with E-state index in [1.54, 1.807) is 31.2 Å². The number of hydrogen-bond acceptors (Lipinski definition) is 3. The van der Waals surface area contributed by atoms with Crippen molar-refractivity contribution in [1.29, 1.82) is 0 Å². The Morgan fingerprint density at radius 1 is 1.25 bits per heavy atom. The number of benzene rings is 2. The first-order valence-corrected chi connectivity index (χ1v) is 8.12. The third kappa shape index (κ3) is 4.82. The average Bonchev–Trinajstić information content (AvgIpc) is 2.48. The van der Waals surface area contributed by atoms with Gasteiger partial charge in [0.15, 0.2) is 0 Å². The molecule has 0 bridgehead atoms. The zero-order chi connectivity index (χ0) is 17.9. The summed E-state index contributed by atoms with van der Waals surface area (Å²) in [5, 5.41) is 1.93. The lowest BCUT2D eigenvalue weighted by atomic mass is 10.2. The quantitative estimate of drug-likeness (QED) is 0.581. The second-order valence-electron chi connectivity index (χ2n) is 5.01. The molecule has 0 aliphatic carbocycles. The van der Waals surface area contributed by atoms with E-state index in [0.29, 0.717) is 5.69 Å². The molecule has 2 rings (SSSR count). The fraction of sp³-hybridized carbons (Fsp3) is 0.188. The number of carbonyl (C=O) groups excluding carboxylic acids is 1. The normalized spacial score (nSPS) is 12.7. The van der Waals surface area contributed by atoms with Gasteiger partial charge in [-0.2, -0.15) is 13.2 Å². The Balaban J connectivity index is 2.11. The number of hydrogen-bond donors (Lipinski definition) is 2. The molecule has 2 aromatic rings. The Kier molecular flexibility index (Phi) is 5.66. The smallest absolute Gasteiger partial charge is 0.399 e. The zero-order valence-electron chi connectivity index (χ0n) is 12.5. The van der Waals surface area contributed by atoms with Crippen LogP contribution in [0.5, 0.6) is 0 Å². The van der Waals surface area contributed by atoms with E-state index >= 15 is 0 Å². The first-order chi connectivity index (χ1) is 11.2. The number of nitrogen functional groups attached to an aromatic ring is 1. The number of amides is 1. The van der Waals surface area contributed by atoms with Crippen molar-refractivity contribution in [3.63, 3.8) is 0 Å². The number of carbonyl (C=O) groups is 1. The van der Waals surface area contributed by atoms with Crippen LogP contribution in [0.3, 0.4) is 0 Å². The highest BCUT2D eigenvalue weighted by molar-refractivity contribution is 8.00. The van der Waals surface area contributed by atoms with Gasteiger partial charge in [0.25, 0.3) is 0 Å². The minimum absolute atomic E-state index is 0.0394. The third-order valence-corrected chi connectivity index (χ3v) is 4.52. The van der Waals surface area contributed by atoms with Crippen molar-refractivity contribution < 1.29 is 18.0 Å². The van der Waals surface area contributed by atoms with Gasteiger partial charge in [0.1, 0.15) is 0 Å². The molecule has 1 atom stereocenters. The maximum Gasteiger partial charge on any atom is 0.416 e. The number of nitrogens with two attached hydrogens (primary N) is 1. The van der Waals surface area contributed by atoms with Crippen molar-refractivity contribution in [2.24, 2.45) is 0 Å². The molecule has 3 nitrogen and oxygen atoms in total. The van der Waals surface area contributed by atoms with Crippen LogP contribution >= 0.6 is 23.4 Å². The number of rotatable bonds is 4. The summed E-state index contributed by atoms with van der Waals surface area (Å²) in [6.45, 7) is 1.64. The van der Waals surface area contributed by atoms with Crippen LogP contribution < -0.4 is 11.1 Å². The summed E-state index contributed by atoms with van der Waals surface area (Å²) in [4.78, 5) is 13.0. The fourth-order valence-corrected chi connectivity index (χ4v) is 2.98. The molecule has 0 fully saturated rings. The summed E-state index contributed by atoms with van der Waals surface area (Å²) < 4.78 is 38.2. The molecule has 3 N–H and O–H groups in total. The van der Waals surface area contributed by atoms with Gasteiger partial charge in [-0.05, 0) is 43.3 Å². The standard InChI is InChI=1S/C16H14ClF3N2OS/c1-9(24-12-4-2-3-11(21)8-12)15(23)22-14-7-10(16(18,19)20)5-6-13(14)17/h2-9H,21H2,1H3,(H,22,23). The highest BCUT2D eigenvalue weighted by atomic mass is 35.5. The predicted molar refractivity (Wildman–Crippen MR) is 91.3 cm³/mol.